The number of carbonyl (C=O) groups excluding carboxylic acids is 1. The molecule has 106 valence electrons. The van der Waals surface area contributed by atoms with Crippen LogP contribution < -0.4 is 5.32 Å². The lowest BCUT2D eigenvalue weighted by molar-refractivity contribution is -0.124. The van der Waals surface area contributed by atoms with Crippen LogP contribution in [0, 0.1) is 5.92 Å². The Balaban J connectivity index is 2.86. The molecule has 4 nitrogen and oxygen atoms in total. The zero-order chi connectivity index (χ0) is 14.0. The molecule has 0 aromatic heterocycles. The van der Waals surface area contributed by atoms with Gasteiger partial charge in [0.05, 0.1) is 0 Å². The quantitative estimate of drug-likeness (QED) is 0.833. The van der Waals surface area contributed by atoms with Crippen LogP contribution >= 0.6 is 0 Å². The zero-order valence-corrected chi connectivity index (χ0v) is 12.6. The molecule has 1 saturated carbocycles. The summed E-state index contributed by atoms with van der Waals surface area (Å²) in [4.78, 5) is 12.4. The molecule has 18 heavy (non-hydrogen) atoms. The summed E-state index contributed by atoms with van der Waals surface area (Å²) in [6.07, 6.45) is 4.71. The Morgan fingerprint density at radius 2 is 1.78 bits per heavy atom. The van der Waals surface area contributed by atoms with Gasteiger partial charge in [-0.25, -0.2) is 8.42 Å². The molecule has 2 atom stereocenters. The summed E-state index contributed by atoms with van der Waals surface area (Å²) in [5, 5.41) is 2.90. The Bertz CT molecular complexity index is 396. The van der Waals surface area contributed by atoms with Crippen molar-refractivity contribution in [3.05, 3.63) is 0 Å². The molecule has 0 radical (unpaired) electrons. The summed E-state index contributed by atoms with van der Waals surface area (Å²) < 4.78 is 22.7. The van der Waals surface area contributed by atoms with Crippen LogP contribution in [0.3, 0.4) is 0 Å². The van der Waals surface area contributed by atoms with Gasteiger partial charge in [0.25, 0.3) is 0 Å². The SMILES string of the molecule is CC[C@H](C)[C@H](C)NC(=O)C1(S(C)(=O)=O)CCCC1. The van der Waals surface area contributed by atoms with Crippen molar-refractivity contribution in [2.45, 2.75) is 63.7 Å². The molecule has 0 spiro atoms. The van der Waals surface area contributed by atoms with E-state index < -0.39 is 14.6 Å². The topological polar surface area (TPSA) is 63.2 Å². The second-order valence-corrected chi connectivity index (χ2v) is 7.95. The van der Waals surface area contributed by atoms with E-state index in [0.29, 0.717) is 18.8 Å². The number of rotatable bonds is 5. The first kappa shape index (κ1) is 15.5. The van der Waals surface area contributed by atoms with Gasteiger partial charge in [0, 0.05) is 12.3 Å². The van der Waals surface area contributed by atoms with Crippen molar-refractivity contribution in [3.63, 3.8) is 0 Å². The number of hydrogen-bond donors (Lipinski definition) is 1. The van der Waals surface area contributed by atoms with Crippen LogP contribution in [0.2, 0.25) is 0 Å². The lowest BCUT2D eigenvalue weighted by atomic mass is 9.99. The first-order chi connectivity index (χ1) is 8.24. The van der Waals surface area contributed by atoms with Gasteiger partial charge in [-0.05, 0) is 25.7 Å². The number of nitrogens with one attached hydrogen (secondary N) is 1. The molecule has 1 amide bonds. The Hall–Kier alpha value is -0.580. The molecule has 0 heterocycles. The van der Waals surface area contributed by atoms with E-state index in [1.165, 1.54) is 6.26 Å². The highest BCUT2D eigenvalue weighted by Crippen LogP contribution is 2.36. The van der Waals surface area contributed by atoms with E-state index in [4.69, 9.17) is 0 Å². The Kier molecular flexibility index (Phi) is 4.81. The van der Waals surface area contributed by atoms with E-state index in [2.05, 4.69) is 19.2 Å². The molecule has 1 fully saturated rings. The second-order valence-electron chi connectivity index (χ2n) is 5.62. The van der Waals surface area contributed by atoms with Crippen molar-refractivity contribution in [2.75, 3.05) is 6.26 Å². The van der Waals surface area contributed by atoms with E-state index in [1.807, 2.05) is 6.92 Å². The normalized spacial score (nSPS) is 22.4. The van der Waals surface area contributed by atoms with E-state index in [-0.39, 0.29) is 11.9 Å². The molecule has 1 aliphatic rings. The van der Waals surface area contributed by atoms with Gasteiger partial charge < -0.3 is 5.32 Å². The van der Waals surface area contributed by atoms with Crippen LogP contribution in [0.25, 0.3) is 0 Å². The fourth-order valence-corrected chi connectivity index (χ4v) is 3.97. The fraction of sp³-hybridized carbons (Fsp3) is 0.923. The molecule has 0 unspecified atom stereocenters. The van der Waals surface area contributed by atoms with Gasteiger partial charge in [-0.1, -0.05) is 33.1 Å². The molecule has 0 bridgehead atoms. The van der Waals surface area contributed by atoms with Crippen LogP contribution in [-0.2, 0) is 14.6 Å². The number of sulfone groups is 1. The summed E-state index contributed by atoms with van der Waals surface area (Å²) in [6, 6.07) is 0.0155. The van der Waals surface area contributed by atoms with Crippen molar-refractivity contribution >= 4 is 15.7 Å². The molecule has 1 N–H and O–H groups in total. The maximum absolute atomic E-state index is 12.4. The predicted molar refractivity (Wildman–Crippen MR) is 73.1 cm³/mol. The fourth-order valence-electron chi connectivity index (χ4n) is 2.55. The van der Waals surface area contributed by atoms with E-state index >= 15 is 0 Å². The molecular formula is C13H25NO3S. The Labute approximate surface area is 110 Å². The predicted octanol–water partition coefficient (Wildman–Crippen LogP) is 1.89. The molecular weight excluding hydrogens is 250 g/mol. The lowest BCUT2D eigenvalue weighted by Crippen LogP contribution is -2.53. The Morgan fingerprint density at radius 3 is 2.17 bits per heavy atom. The van der Waals surface area contributed by atoms with Crippen LogP contribution in [0.5, 0.6) is 0 Å². The maximum atomic E-state index is 12.4. The van der Waals surface area contributed by atoms with E-state index in [0.717, 1.165) is 19.3 Å². The van der Waals surface area contributed by atoms with Gasteiger partial charge in [-0.2, -0.15) is 0 Å². The third kappa shape index (κ3) is 2.87. The first-order valence-electron chi connectivity index (χ1n) is 6.75. The minimum Gasteiger partial charge on any atom is -0.352 e. The van der Waals surface area contributed by atoms with Crippen LogP contribution in [0.4, 0.5) is 0 Å². The van der Waals surface area contributed by atoms with Gasteiger partial charge in [0.15, 0.2) is 9.84 Å². The monoisotopic (exact) mass is 275 g/mol. The van der Waals surface area contributed by atoms with Crippen LogP contribution in [0.1, 0.15) is 52.9 Å². The molecule has 0 aliphatic heterocycles. The highest BCUT2D eigenvalue weighted by Gasteiger charge is 2.50. The first-order valence-corrected chi connectivity index (χ1v) is 8.64. The third-order valence-electron chi connectivity index (χ3n) is 4.39. The number of amides is 1. The maximum Gasteiger partial charge on any atom is 0.241 e. The third-order valence-corrected chi connectivity index (χ3v) is 6.40. The summed E-state index contributed by atoms with van der Waals surface area (Å²) in [6.45, 7) is 6.07. The van der Waals surface area contributed by atoms with Crippen molar-refractivity contribution < 1.29 is 13.2 Å². The average molecular weight is 275 g/mol. The molecule has 5 heteroatoms. The number of hydrogen-bond acceptors (Lipinski definition) is 3. The lowest BCUT2D eigenvalue weighted by Gasteiger charge is -2.29. The van der Waals surface area contributed by atoms with Gasteiger partial charge >= 0.3 is 0 Å². The van der Waals surface area contributed by atoms with E-state index in [9.17, 15) is 13.2 Å². The van der Waals surface area contributed by atoms with Gasteiger partial charge in [-0.15, -0.1) is 0 Å². The van der Waals surface area contributed by atoms with E-state index in [1.54, 1.807) is 0 Å². The highest BCUT2D eigenvalue weighted by atomic mass is 32.2. The second kappa shape index (κ2) is 5.59. The van der Waals surface area contributed by atoms with Gasteiger partial charge in [0.1, 0.15) is 4.75 Å². The van der Waals surface area contributed by atoms with Crippen molar-refractivity contribution in [3.8, 4) is 0 Å². The van der Waals surface area contributed by atoms with Crippen LogP contribution in [-0.4, -0.2) is 31.4 Å². The standard InChI is InChI=1S/C13H25NO3S/c1-5-10(2)11(3)14-12(15)13(18(4,16)17)8-6-7-9-13/h10-11H,5-9H2,1-4H3,(H,14,15)/t10-,11-/m0/s1. The minimum atomic E-state index is -3.35. The number of carbonyl (C=O) groups is 1. The average Bonchev–Trinajstić information content (AvgIpc) is 2.77. The summed E-state index contributed by atoms with van der Waals surface area (Å²) in [7, 11) is -3.35. The molecule has 0 saturated heterocycles. The summed E-state index contributed by atoms with van der Waals surface area (Å²) >= 11 is 0. The van der Waals surface area contributed by atoms with Crippen molar-refractivity contribution in [1.29, 1.82) is 0 Å². The molecule has 0 aromatic rings. The smallest absolute Gasteiger partial charge is 0.241 e. The van der Waals surface area contributed by atoms with Crippen molar-refractivity contribution in [1.82, 2.24) is 5.32 Å². The van der Waals surface area contributed by atoms with Crippen molar-refractivity contribution in [2.24, 2.45) is 5.92 Å². The largest absolute Gasteiger partial charge is 0.352 e. The Morgan fingerprint density at radius 1 is 1.28 bits per heavy atom. The van der Waals surface area contributed by atoms with Gasteiger partial charge in [0.2, 0.25) is 5.91 Å². The summed E-state index contributed by atoms with van der Waals surface area (Å²) in [5.41, 5.74) is 0. The molecule has 0 aromatic carbocycles. The van der Waals surface area contributed by atoms with Crippen LogP contribution in [0.15, 0.2) is 0 Å². The molecule has 1 aliphatic carbocycles. The minimum absolute atomic E-state index is 0.0155. The zero-order valence-electron chi connectivity index (χ0n) is 11.8. The summed E-state index contributed by atoms with van der Waals surface area (Å²) in [5.74, 6) is 0.0577. The molecule has 1 rings (SSSR count). The van der Waals surface area contributed by atoms with Gasteiger partial charge in [-0.3, -0.25) is 4.79 Å². The highest BCUT2D eigenvalue weighted by molar-refractivity contribution is 7.92.